The molecule has 1 aromatic heterocycles. The second-order valence-corrected chi connectivity index (χ2v) is 9.13. The van der Waals surface area contributed by atoms with Gasteiger partial charge in [-0.15, -0.1) is 11.3 Å². The van der Waals surface area contributed by atoms with Crippen LogP contribution in [0.25, 0.3) is 10.4 Å². The third-order valence-electron chi connectivity index (χ3n) is 5.73. The molecule has 3 rings (SSSR count). The van der Waals surface area contributed by atoms with Crippen molar-refractivity contribution in [2.75, 3.05) is 31.7 Å². The highest BCUT2D eigenvalue weighted by Gasteiger charge is 2.34. The molecule has 1 saturated carbocycles. The molecule has 2 aromatic rings. The number of nitrogens with two attached hydrogens (primary N) is 1. The van der Waals surface area contributed by atoms with E-state index >= 15 is 0 Å². The molecule has 1 aromatic carbocycles. The number of carbonyl (C=O) groups excluding carboxylic acids is 1. The van der Waals surface area contributed by atoms with Crippen molar-refractivity contribution in [3.05, 3.63) is 35.7 Å². The molecule has 1 heterocycles. The third kappa shape index (κ3) is 5.73. The van der Waals surface area contributed by atoms with Crippen molar-refractivity contribution < 1.29 is 14.7 Å². The Morgan fingerprint density at radius 3 is 2.73 bits per heavy atom. The summed E-state index contributed by atoms with van der Waals surface area (Å²) in [5.41, 5.74) is 8.30. The average Bonchev–Trinajstić information content (AvgIpc) is 3.23. The lowest BCUT2D eigenvalue weighted by atomic mass is 9.76. The van der Waals surface area contributed by atoms with Crippen LogP contribution in [0.2, 0.25) is 0 Å². The Morgan fingerprint density at radius 1 is 1.27 bits per heavy atom. The Morgan fingerprint density at radius 2 is 2.07 bits per heavy atom. The fourth-order valence-electron chi connectivity index (χ4n) is 4.09. The fraction of sp³-hybridized carbons (Fsp3) is 0.455. The summed E-state index contributed by atoms with van der Waals surface area (Å²) in [6, 6.07) is 9.61. The molecule has 7 nitrogen and oxygen atoms in total. The molecule has 0 radical (unpaired) electrons. The van der Waals surface area contributed by atoms with Gasteiger partial charge in [-0.1, -0.05) is 12.1 Å². The predicted octanol–water partition coefficient (Wildman–Crippen LogP) is 3.94. The minimum absolute atomic E-state index is 0.0475. The van der Waals surface area contributed by atoms with Crippen LogP contribution in [-0.4, -0.2) is 48.7 Å². The maximum absolute atomic E-state index is 13.0. The Labute approximate surface area is 181 Å². The van der Waals surface area contributed by atoms with Gasteiger partial charge in [0, 0.05) is 16.8 Å². The number of thiophene rings is 1. The van der Waals surface area contributed by atoms with Gasteiger partial charge in [-0.3, -0.25) is 4.79 Å². The van der Waals surface area contributed by atoms with Crippen LogP contribution >= 0.6 is 11.3 Å². The van der Waals surface area contributed by atoms with Gasteiger partial charge in [0.25, 0.3) is 0 Å². The second-order valence-electron chi connectivity index (χ2n) is 8.19. The lowest BCUT2D eigenvalue weighted by Crippen LogP contribution is -2.45. The molecule has 1 aliphatic rings. The zero-order valence-electron chi connectivity index (χ0n) is 17.4. The van der Waals surface area contributed by atoms with Crippen LogP contribution in [-0.2, 0) is 4.79 Å². The molecule has 0 spiro atoms. The highest BCUT2D eigenvalue weighted by molar-refractivity contribution is 7.13. The first-order chi connectivity index (χ1) is 14.3. The van der Waals surface area contributed by atoms with Crippen LogP contribution in [0.4, 0.5) is 16.2 Å². The van der Waals surface area contributed by atoms with Gasteiger partial charge in [-0.2, -0.15) is 0 Å². The van der Waals surface area contributed by atoms with E-state index in [0.717, 1.165) is 23.4 Å². The van der Waals surface area contributed by atoms with E-state index in [1.54, 1.807) is 11.3 Å². The molecule has 1 fully saturated rings. The van der Waals surface area contributed by atoms with Gasteiger partial charge in [-0.05, 0) is 81.4 Å². The van der Waals surface area contributed by atoms with Crippen LogP contribution in [0, 0.1) is 11.8 Å². The average molecular weight is 431 g/mol. The minimum Gasteiger partial charge on any atom is -0.465 e. The van der Waals surface area contributed by atoms with Gasteiger partial charge in [0.05, 0.1) is 11.4 Å². The SMILES string of the molecule is CN(C)CCC1C[C@H](C(=O)Nc2cc(-c3cccs3)ccc2N)CC[C@H]1NC(=O)O. The maximum Gasteiger partial charge on any atom is 0.404 e. The number of nitrogens with one attached hydrogen (secondary N) is 2. The standard InChI is InChI=1S/C22H30N4O3S/c1-26(2)10-9-14-12-16(6-8-18(14)25-22(28)29)21(27)24-19-13-15(5-7-17(19)23)20-4-3-11-30-20/h3-5,7,11,13-14,16,18,25H,6,8-10,12,23H2,1-2H3,(H,24,27)(H,28,29)/t14?,16-,18-/m1/s1. The first-order valence-corrected chi connectivity index (χ1v) is 11.1. The summed E-state index contributed by atoms with van der Waals surface area (Å²) in [5, 5.41) is 16.8. The van der Waals surface area contributed by atoms with E-state index in [9.17, 15) is 9.59 Å². The monoisotopic (exact) mass is 430 g/mol. The summed E-state index contributed by atoms with van der Waals surface area (Å²) >= 11 is 1.64. The molecule has 1 unspecified atom stereocenters. The third-order valence-corrected chi connectivity index (χ3v) is 6.64. The molecule has 0 bridgehead atoms. The van der Waals surface area contributed by atoms with E-state index in [0.29, 0.717) is 30.6 Å². The number of carboxylic acid groups (broad SMARTS) is 1. The van der Waals surface area contributed by atoms with Crippen LogP contribution in [0.5, 0.6) is 0 Å². The van der Waals surface area contributed by atoms with Gasteiger partial charge in [0.1, 0.15) is 0 Å². The van der Waals surface area contributed by atoms with Crippen molar-refractivity contribution in [2.24, 2.45) is 11.8 Å². The number of benzene rings is 1. The van der Waals surface area contributed by atoms with Gasteiger partial charge in [-0.25, -0.2) is 4.79 Å². The quantitative estimate of drug-likeness (QED) is 0.498. The second kappa shape index (κ2) is 9.95. The van der Waals surface area contributed by atoms with Gasteiger partial charge >= 0.3 is 6.09 Å². The number of hydrogen-bond acceptors (Lipinski definition) is 5. The molecule has 3 atom stereocenters. The highest BCUT2D eigenvalue weighted by atomic mass is 32.1. The van der Waals surface area contributed by atoms with E-state index in [1.807, 2.05) is 49.8 Å². The van der Waals surface area contributed by atoms with E-state index in [-0.39, 0.29) is 23.8 Å². The summed E-state index contributed by atoms with van der Waals surface area (Å²) in [7, 11) is 3.99. The van der Waals surface area contributed by atoms with Gasteiger partial charge < -0.3 is 26.4 Å². The smallest absolute Gasteiger partial charge is 0.404 e. The lowest BCUT2D eigenvalue weighted by Gasteiger charge is -2.36. The van der Waals surface area contributed by atoms with Crippen molar-refractivity contribution in [3.8, 4) is 10.4 Å². The number of nitrogen functional groups attached to an aromatic ring is 1. The Bertz CT molecular complexity index is 869. The van der Waals surface area contributed by atoms with Crippen LogP contribution in [0.1, 0.15) is 25.7 Å². The molecule has 30 heavy (non-hydrogen) atoms. The van der Waals surface area contributed by atoms with E-state index in [2.05, 4.69) is 15.5 Å². The molecule has 2 amide bonds. The summed E-state index contributed by atoms with van der Waals surface area (Å²) in [4.78, 5) is 27.4. The molecular formula is C22H30N4O3S. The highest BCUT2D eigenvalue weighted by Crippen LogP contribution is 2.34. The van der Waals surface area contributed by atoms with Crippen molar-refractivity contribution in [1.29, 1.82) is 0 Å². The summed E-state index contributed by atoms with van der Waals surface area (Å²) < 4.78 is 0. The van der Waals surface area contributed by atoms with Crippen molar-refractivity contribution in [3.63, 3.8) is 0 Å². The summed E-state index contributed by atoms with van der Waals surface area (Å²) in [6.07, 6.45) is 1.82. The number of amides is 2. The van der Waals surface area contributed by atoms with Crippen LogP contribution in [0.15, 0.2) is 35.7 Å². The molecule has 0 saturated heterocycles. The topological polar surface area (TPSA) is 108 Å². The minimum atomic E-state index is -1.00. The largest absolute Gasteiger partial charge is 0.465 e. The number of carbonyl (C=O) groups is 2. The van der Waals surface area contributed by atoms with E-state index < -0.39 is 6.09 Å². The van der Waals surface area contributed by atoms with Crippen LogP contribution < -0.4 is 16.4 Å². The normalized spacial score (nSPS) is 21.4. The molecule has 5 N–H and O–H groups in total. The molecule has 8 heteroatoms. The summed E-state index contributed by atoms with van der Waals surface area (Å²) in [5.74, 6) is -0.0785. The molecule has 162 valence electrons. The number of hydrogen-bond donors (Lipinski definition) is 4. The number of rotatable bonds is 7. The zero-order valence-corrected chi connectivity index (χ0v) is 18.2. The van der Waals surface area contributed by atoms with Crippen LogP contribution in [0.3, 0.4) is 0 Å². The molecule has 0 aliphatic heterocycles. The number of nitrogens with zero attached hydrogens (tertiary/aromatic N) is 1. The van der Waals surface area contributed by atoms with Gasteiger partial charge in [0.2, 0.25) is 5.91 Å². The van der Waals surface area contributed by atoms with E-state index in [4.69, 9.17) is 10.8 Å². The Balaban J connectivity index is 1.69. The Kier molecular flexibility index (Phi) is 7.33. The first-order valence-electron chi connectivity index (χ1n) is 10.2. The van der Waals surface area contributed by atoms with E-state index in [1.165, 1.54) is 0 Å². The zero-order chi connectivity index (χ0) is 21.7. The summed E-state index contributed by atoms with van der Waals surface area (Å²) in [6.45, 7) is 0.854. The lowest BCUT2D eigenvalue weighted by molar-refractivity contribution is -0.121. The van der Waals surface area contributed by atoms with Crippen molar-refractivity contribution in [2.45, 2.75) is 31.7 Å². The Hall–Kier alpha value is -2.58. The van der Waals surface area contributed by atoms with Crippen molar-refractivity contribution >= 4 is 34.7 Å². The van der Waals surface area contributed by atoms with Crippen molar-refractivity contribution in [1.82, 2.24) is 10.2 Å². The fourth-order valence-corrected chi connectivity index (χ4v) is 4.81. The first kappa shape index (κ1) is 22.1. The predicted molar refractivity (Wildman–Crippen MR) is 122 cm³/mol. The molecule has 1 aliphatic carbocycles. The number of anilines is 2. The van der Waals surface area contributed by atoms with Gasteiger partial charge in [0.15, 0.2) is 0 Å². The molecular weight excluding hydrogens is 400 g/mol. The maximum atomic E-state index is 13.0.